The highest BCUT2D eigenvalue weighted by Crippen LogP contribution is 2.30. The molecule has 6 heteroatoms. The molecule has 0 aliphatic heterocycles. The molecule has 94 valence electrons. The van der Waals surface area contributed by atoms with Crippen LogP contribution in [0.2, 0.25) is 10.2 Å². The number of fused-ring (bicyclic) bond motifs is 1. The Morgan fingerprint density at radius 2 is 2.22 bits per heavy atom. The molecule has 1 amide bonds. The molecule has 0 saturated heterocycles. The van der Waals surface area contributed by atoms with Crippen LogP contribution in [0.25, 0.3) is 10.9 Å². The van der Waals surface area contributed by atoms with Crippen molar-refractivity contribution in [1.82, 2.24) is 10.3 Å². The Hall–Kier alpha value is -1.52. The zero-order valence-corrected chi connectivity index (χ0v) is 11.0. The molecule has 2 aromatic rings. The van der Waals surface area contributed by atoms with Crippen molar-refractivity contribution in [2.75, 3.05) is 6.54 Å². The molecule has 0 bridgehead atoms. The lowest BCUT2D eigenvalue weighted by Gasteiger charge is -2.08. The number of halogens is 2. The van der Waals surface area contributed by atoms with Crippen LogP contribution in [0, 0.1) is 0 Å². The van der Waals surface area contributed by atoms with Crippen LogP contribution in [0.5, 0.6) is 5.75 Å². The minimum Gasteiger partial charge on any atom is -0.407 e. The molecule has 2 rings (SSSR count). The standard InChI is InChI=1S/C12H10Cl2N2O2/c1-2-15-12(17)18-9-6-7-4-3-5-8(13)10(7)16-11(9)14/h3-6H,2H2,1H3,(H,15,17). The number of hydrogen-bond donors (Lipinski definition) is 1. The van der Waals surface area contributed by atoms with Gasteiger partial charge in [0.15, 0.2) is 10.9 Å². The van der Waals surface area contributed by atoms with Crippen LogP contribution in [-0.2, 0) is 0 Å². The van der Waals surface area contributed by atoms with Crippen LogP contribution in [0.1, 0.15) is 6.92 Å². The predicted molar refractivity (Wildman–Crippen MR) is 71.5 cm³/mol. The molecule has 1 heterocycles. The number of para-hydroxylation sites is 1. The van der Waals surface area contributed by atoms with Gasteiger partial charge in [0.2, 0.25) is 0 Å². The summed E-state index contributed by atoms with van der Waals surface area (Å²) in [6, 6.07) is 6.95. The molecule has 0 atom stereocenters. The summed E-state index contributed by atoms with van der Waals surface area (Å²) < 4.78 is 5.05. The Kier molecular flexibility index (Phi) is 3.89. The van der Waals surface area contributed by atoms with Gasteiger partial charge in [0, 0.05) is 11.9 Å². The zero-order chi connectivity index (χ0) is 13.1. The number of ether oxygens (including phenoxy) is 1. The molecule has 18 heavy (non-hydrogen) atoms. The highest BCUT2D eigenvalue weighted by atomic mass is 35.5. The number of benzene rings is 1. The fraction of sp³-hybridized carbons (Fsp3) is 0.167. The molecule has 1 N–H and O–H groups in total. The van der Waals surface area contributed by atoms with Gasteiger partial charge in [-0.15, -0.1) is 0 Å². The first-order valence-corrected chi connectivity index (χ1v) is 6.08. The Bertz CT molecular complexity index is 602. The Labute approximate surface area is 114 Å². The summed E-state index contributed by atoms with van der Waals surface area (Å²) in [7, 11) is 0. The van der Waals surface area contributed by atoms with E-state index in [9.17, 15) is 4.79 Å². The molecule has 4 nitrogen and oxygen atoms in total. The van der Waals surface area contributed by atoms with Crippen molar-refractivity contribution in [2.24, 2.45) is 0 Å². The predicted octanol–water partition coefficient (Wildman–Crippen LogP) is 3.65. The van der Waals surface area contributed by atoms with E-state index in [4.69, 9.17) is 27.9 Å². The van der Waals surface area contributed by atoms with E-state index in [-0.39, 0.29) is 10.9 Å². The second kappa shape index (κ2) is 5.42. The summed E-state index contributed by atoms with van der Waals surface area (Å²) in [5, 5.41) is 3.86. The molecule has 1 aromatic carbocycles. The molecule has 0 aliphatic rings. The number of carbonyl (C=O) groups is 1. The third-order valence-electron chi connectivity index (χ3n) is 2.24. The van der Waals surface area contributed by atoms with Gasteiger partial charge in [-0.3, -0.25) is 0 Å². The van der Waals surface area contributed by atoms with Gasteiger partial charge in [-0.1, -0.05) is 35.3 Å². The number of carbonyl (C=O) groups excluding carboxylic acids is 1. The summed E-state index contributed by atoms with van der Waals surface area (Å²) >= 11 is 11.9. The summed E-state index contributed by atoms with van der Waals surface area (Å²) in [6.45, 7) is 2.27. The SMILES string of the molecule is CCNC(=O)Oc1cc2cccc(Cl)c2nc1Cl. The van der Waals surface area contributed by atoms with E-state index in [1.807, 2.05) is 6.07 Å². The maximum absolute atomic E-state index is 11.3. The molecule has 0 saturated carbocycles. The fourth-order valence-electron chi connectivity index (χ4n) is 1.47. The first-order valence-electron chi connectivity index (χ1n) is 5.32. The average molecular weight is 285 g/mol. The van der Waals surface area contributed by atoms with Gasteiger partial charge < -0.3 is 10.1 Å². The van der Waals surface area contributed by atoms with Crippen molar-refractivity contribution in [3.63, 3.8) is 0 Å². The molecule has 0 unspecified atom stereocenters. The number of aromatic nitrogens is 1. The number of hydrogen-bond acceptors (Lipinski definition) is 3. The first-order chi connectivity index (χ1) is 8.61. The van der Waals surface area contributed by atoms with Crippen molar-refractivity contribution in [3.8, 4) is 5.75 Å². The highest BCUT2D eigenvalue weighted by Gasteiger charge is 2.11. The largest absolute Gasteiger partial charge is 0.412 e. The van der Waals surface area contributed by atoms with Crippen molar-refractivity contribution in [2.45, 2.75) is 6.92 Å². The van der Waals surface area contributed by atoms with Crippen molar-refractivity contribution < 1.29 is 9.53 Å². The minimum atomic E-state index is -0.567. The van der Waals surface area contributed by atoms with Gasteiger partial charge in [-0.25, -0.2) is 9.78 Å². The Morgan fingerprint density at radius 3 is 2.94 bits per heavy atom. The number of nitrogens with zero attached hydrogens (tertiary/aromatic N) is 1. The lowest BCUT2D eigenvalue weighted by molar-refractivity contribution is 0.201. The van der Waals surface area contributed by atoms with Crippen LogP contribution in [0.15, 0.2) is 24.3 Å². The van der Waals surface area contributed by atoms with Crippen LogP contribution in [0.4, 0.5) is 4.79 Å². The molecule has 1 aromatic heterocycles. The van der Waals surface area contributed by atoms with Crippen molar-refractivity contribution >= 4 is 40.2 Å². The molecule has 0 aliphatic carbocycles. The Morgan fingerprint density at radius 1 is 1.44 bits per heavy atom. The van der Waals surface area contributed by atoms with Gasteiger partial charge in [-0.05, 0) is 19.1 Å². The topological polar surface area (TPSA) is 51.2 Å². The van der Waals surface area contributed by atoms with Gasteiger partial charge in [0.1, 0.15) is 0 Å². The Balaban J connectivity index is 2.40. The van der Waals surface area contributed by atoms with Gasteiger partial charge in [-0.2, -0.15) is 0 Å². The smallest absolute Gasteiger partial charge is 0.407 e. The van der Waals surface area contributed by atoms with Gasteiger partial charge in [0.25, 0.3) is 0 Å². The molecule has 0 fully saturated rings. The van der Waals surface area contributed by atoms with E-state index in [0.717, 1.165) is 5.39 Å². The van der Waals surface area contributed by atoms with Crippen molar-refractivity contribution in [1.29, 1.82) is 0 Å². The fourth-order valence-corrected chi connectivity index (χ4v) is 1.87. The number of rotatable bonds is 2. The van der Waals surface area contributed by atoms with E-state index in [1.54, 1.807) is 25.1 Å². The van der Waals surface area contributed by atoms with Gasteiger partial charge >= 0.3 is 6.09 Å². The van der Waals surface area contributed by atoms with E-state index in [0.29, 0.717) is 17.1 Å². The van der Waals surface area contributed by atoms with E-state index in [1.165, 1.54) is 0 Å². The van der Waals surface area contributed by atoms with Crippen LogP contribution in [0.3, 0.4) is 0 Å². The molecule has 0 spiro atoms. The minimum absolute atomic E-state index is 0.0989. The summed E-state index contributed by atoms with van der Waals surface area (Å²) in [6.07, 6.45) is -0.567. The van der Waals surface area contributed by atoms with Gasteiger partial charge in [0.05, 0.1) is 10.5 Å². The van der Waals surface area contributed by atoms with E-state index in [2.05, 4.69) is 10.3 Å². The zero-order valence-electron chi connectivity index (χ0n) is 9.54. The van der Waals surface area contributed by atoms with Crippen LogP contribution >= 0.6 is 23.2 Å². The third-order valence-corrected chi connectivity index (χ3v) is 2.82. The lowest BCUT2D eigenvalue weighted by Crippen LogP contribution is -2.26. The molecular formula is C12H10Cl2N2O2. The maximum atomic E-state index is 11.3. The van der Waals surface area contributed by atoms with E-state index < -0.39 is 6.09 Å². The van der Waals surface area contributed by atoms with E-state index >= 15 is 0 Å². The van der Waals surface area contributed by atoms with Crippen LogP contribution < -0.4 is 10.1 Å². The molecule has 0 radical (unpaired) electrons. The summed E-state index contributed by atoms with van der Waals surface area (Å²) in [5.74, 6) is 0.206. The van der Waals surface area contributed by atoms with Crippen LogP contribution in [-0.4, -0.2) is 17.6 Å². The highest BCUT2D eigenvalue weighted by molar-refractivity contribution is 6.36. The lowest BCUT2D eigenvalue weighted by atomic mass is 10.2. The number of nitrogens with one attached hydrogen (secondary N) is 1. The summed E-state index contributed by atoms with van der Waals surface area (Å²) in [5.41, 5.74) is 0.576. The second-order valence-corrected chi connectivity index (χ2v) is 4.27. The normalized spacial score (nSPS) is 10.4. The quantitative estimate of drug-likeness (QED) is 0.857. The second-order valence-electron chi connectivity index (χ2n) is 3.51. The average Bonchev–Trinajstić information content (AvgIpc) is 2.32. The summed E-state index contributed by atoms with van der Waals surface area (Å²) in [4.78, 5) is 15.4. The number of pyridine rings is 1. The van der Waals surface area contributed by atoms with Crippen molar-refractivity contribution in [3.05, 3.63) is 34.4 Å². The number of amides is 1. The monoisotopic (exact) mass is 284 g/mol. The first kappa shape index (κ1) is 12.9. The molecular weight excluding hydrogens is 275 g/mol. The third kappa shape index (κ3) is 2.66. The maximum Gasteiger partial charge on any atom is 0.412 e.